The molecule has 2 aromatic rings. The van der Waals surface area contributed by atoms with Crippen LogP contribution in [0.5, 0.6) is 23.0 Å². The normalized spacial score (nSPS) is 24.3. The van der Waals surface area contributed by atoms with Crippen molar-refractivity contribution >= 4 is 5.91 Å². The lowest BCUT2D eigenvalue weighted by molar-refractivity contribution is -0.146. The van der Waals surface area contributed by atoms with Crippen molar-refractivity contribution in [2.24, 2.45) is 0 Å². The minimum Gasteiger partial charge on any atom is -0.496 e. The summed E-state index contributed by atoms with van der Waals surface area (Å²) in [5.74, 6) is 2.93. The standard InChI is InChI=1S/C27H34N2O6/c1-13-9-15-10-20-23-16-12-21(32-3)14(2)25(34-5)17(16)11-18(28-23)27(31)29(20)19(7-8-30)22(15)26(35-6)24(13)33-4/h9,12,18-20,23,28,30H,7-8,10-11H2,1-6H3/t18?,19-,20-,23?/m0/s1. The Balaban J connectivity index is 1.71. The lowest BCUT2D eigenvalue weighted by atomic mass is 9.74. The van der Waals surface area contributed by atoms with Crippen LogP contribution in [-0.2, 0) is 17.6 Å². The van der Waals surface area contributed by atoms with E-state index in [9.17, 15) is 9.90 Å². The van der Waals surface area contributed by atoms with Gasteiger partial charge in [0.1, 0.15) is 11.5 Å². The largest absolute Gasteiger partial charge is 0.496 e. The maximum absolute atomic E-state index is 13.9. The molecule has 1 amide bonds. The molecular weight excluding hydrogens is 448 g/mol. The van der Waals surface area contributed by atoms with Crippen LogP contribution in [0.25, 0.3) is 0 Å². The number of nitrogens with one attached hydrogen (secondary N) is 1. The summed E-state index contributed by atoms with van der Waals surface area (Å²) in [5, 5.41) is 13.7. The highest BCUT2D eigenvalue weighted by Crippen LogP contribution is 2.52. The number of piperazine rings is 1. The summed E-state index contributed by atoms with van der Waals surface area (Å²) in [4.78, 5) is 15.9. The van der Waals surface area contributed by atoms with E-state index in [0.717, 1.165) is 44.9 Å². The van der Waals surface area contributed by atoms with Gasteiger partial charge in [0.05, 0.1) is 52.6 Å². The maximum atomic E-state index is 13.9. The van der Waals surface area contributed by atoms with Crippen LogP contribution in [0, 0.1) is 13.8 Å². The summed E-state index contributed by atoms with van der Waals surface area (Å²) < 4.78 is 23.0. The highest BCUT2D eigenvalue weighted by Gasteiger charge is 2.52. The number of hydrogen-bond acceptors (Lipinski definition) is 7. The molecule has 35 heavy (non-hydrogen) atoms. The Morgan fingerprint density at radius 2 is 1.71 bits per heavy atom. The van der Waals surface area contributed by atoms with Crippen molar-refractivity contribution in [3.8, 4) is 23.0 Å². The Morgan fingerprint density at radius 1 is 1.00 bits per heavy atom. The molecule has 0 aliphatic carbocycles. The number of fused-ring (bicyclic) bond motifs is 7. The van der Waals surface area contributed by atoms with Gasteiger partial charge < -0.3 is 29.0 Å². The molecule has 2 aromatic carbocycles. The van der Waals surface area contributed by atoms with Gasteiger partial charge >= 0.3 is 0 Å². The second-order valence-corrected chi connectivity index (χ2v) is 9.58. The van der Waals surface area contributed by atoms with Crippen LogP contribution < -0.4 is 24.3 Å². The number of ether oxygens (including phenoxy) is 4. The molecule has 2 N–H and O–H groups in total. The summed E-state index contributed by atoms with van der Waals surface area (Å²) in [6.45, 7) is 3.95. The van der Waals surface area contributed by atoms with Crippen molar-refractivity contribution in [3.05, 3.63) is 45.5 Å². The van der Waals surface area contributed by atoms with Crippen LogP contribution in [0.4, 0.5) is 0 Å². The van der Waals surface area contributed by atoms with E-state index in [1.54, 1.807) is 28.4 Å². The molecule has 1 saturated heterocycles. The van der Waals surface area contributed by atoms with E-state index in [0.29, 0.717) is 30.8 Å². The minimum atomic E-state index is -0.369. The number of amides is 1. The van der Waals surface area contributed by atoms with Gasteiger partial charge in [-0.25, -0.2) is 0 Å². The Kier molecular flexibility index (Phi) is 6.05. The predicted octanol–water partition coefficient (Wildman–Crippen LogP) is 2.78. The third-order valence-corrected chi connectivity index (χ3v) is 7.92. The molecule has 0 spiro atoms. The van der Waals surface area contributed by atoms with Gasteiger partial charge in [-0.3, -0.25) is 10.1 Å². The van der Waals surface area contributed by atoms with Crippen molar-refractivity contribution in [3.63, 3.8) is 0 Å². The third-order valence-electron chi connectivity index (χ3n) is 7.92. The Labute approximate surface area is 206 Å². The van der Waals surface area contributed by atoms with Gasteiger partial charge in [-0.1, -0.05) is 6.07 Å². The van der Waals surface area contributed by atoms with Gasteiger partial charge in [0.15, 0.2) is 11.5 Å². The average Bonchev–Trinajstić information content (AvgIpc) is 2.85. The molecule has 8 heteroatoms. The molecule has 0 aromatic heterocycles. The van der Waals surface area contributed by atoms with Crippen LogP contribution in [0.1, 0.15) is 51.9 Å². The van der Waals surface area contributed by atoms with Crippen LogP contribution in [-0.4, -0.2) is 63.0 Å². The molecule has 0 saturated carbocycles. The van der Waals surface area contributed by atoms with Crippen molar-refractivity contribution in [1.29, 1.82) is 0 Å². The lowest BCUT2D eigenvalue weighted by Gasteiger charge is -2.54. The van der Waals surface area contributed by atoms with E-state index in [2.05, 4.69) is 17.4 Å². The van der Waals surface area contributed by atoms with Crippen molar-refractivity contribution in [2.45, 2.75) is 57.3 Å². The molecule has 0 radical (unpaired) electrons. The van der Waals surface area contributed by atoms with Gasteiger partial charge in [-0.05, 0) is 49.4 Å². The fourth-order valence-electron chi connectivity index (χ4n) is 6.55. The number of rotatable bonds is 6. The third kappa shape index (κ3) is 3.37. The first-order valence-electron chi connectivity index (χ1n) is 12.1. The summed E-state index contributed by atoms with van der Waals surface area (Å²) in [6, 6.07) is 3.32. The number of aliphatic hydroxyl groups is 1. The second-order valence-electron chi connectivity index (χ2n) is 9.58. The minimum absolute atomic E-state index is 0.0399. The van der Waals surface area contributed by atoms with E-state index >= 15 is 0 Å². The monoisotopic (exact) mass is 482 g/mol. The molecule has 8 nitrogen and oxygen atoms in total. The Hall–Kier alpha value is -2.97. The van der Waals surface area contributed by atoms with E-state index in [4.69, 9.17) is 18.9 Å². The smallest absolute Gasteiger partial charge is 0.240 e. The van der Waals surface area contributed by atoms with Crippen molar-refractivity contribution in [1.82, 2.24) is 10.2 Å². The highest BCUT2D eigenvalue weighted by molar-refractivity contribution is 5.86. The zero-order valence-electron chi connectivity index (χ0n) is 21.2. The Morgan fingerprint density at radius 3 is 2.34 bits per heavy atom. The number of carbonyl (C=O) groups is 1. The van der Waals surface area contributed by atoms with Gasteiger partial charge in [-0.2, -0.15) is 0 Å². The van der Waals surface area contributed by atoms with Gasteiger partial charge in [0.2, 0.25) is 5.91 Å². The first kappa shape index (κ1) is 23.8. The van der Waals surface area contributed by atoms with Gasteiger partial charge in [0.25, 0.3) is 0 Å². The van der Waals surface area contributed by atoms with E-state index < -0.39 is 0 Å². The molecule has 3 aliphatic rings. The summed E-state index contributed by atoms with van der Waals surface area (Å²) >= 11 is 0. The zero-order chi connectivity index (χ0) is 25.0. The Bertz CT molecular complexity index is 1180. The molecule has 5 rings (SSSR count). The van der Waals surface area contributed by atoms with E-state index in [1.165, 1.54) is 0 Å². The quantitative estimate of drug-likeness (QED) is 0.655. The van der Waals surface area contributed by atoms with E-state index in [1.807, 2.05) is 18.7 Å². The second kappa shape index (κ2) is 8.91. The first-order valence-corrected chi connectivity index (χ1v) is 12.1. The molecule has 3 aliphatic heterocycles. The van der Waals surface area contributed by atoms with Crippen molar-refractivity contribution in [2.75, 3.05) is 35.0 Å². The molecular formula is C27H34N2O6. The molecule has 3 heterocycles. The summed E-state index contributed by atoms with van der Waals surface area (Å²) in [6.07, 6.45) is 1.62. The fraction of sp³-hybridized carbons (Fsp3) is 0.519. The number of carbonyl (C=O) groups excluding carboxylic acids is 1. The predicted molar refractivity (Wildman–Crippen MR) is 131 cm³/mol. The van der Waals surface area contributed by atoms with E-state index in [-0.39, 0.29) is 36.7 Å². The SMILES string of the molecule is COc1cc2c(c(OC)c1C)CC1NC2[C@@H]2Cc3cc(C)c(OC)c(OC)c3[C@H](CCO)N2C1=O. The number of methoxy groups -OCH3 is 4. The van der Waals surface area contributed by atoms with Crippen LogP contribution in [0.15, 0.2) is 12.1 Å². The van der Waals surface area contributed by atoms with Gasteiger partial charge in [0, 0.05) is 29.7 Å². The molecule has 4 atom stereocenters. The lowest BCUT2D eigenvalue weighted by Crippen LogP contribution is -2.66. The fourth-order valence-corrected chi connectivity index (χ4v) is 6.55. The number of aryl methyl sites for hydroxylation is 1. The van der Waals surface area contributed by atoms with Crippen LogP contribution in [0.2, 0.25) is 0 Å². The first-order chi connectivity index (χ1) is 16.9. The van der Waals surface area contributed by atoms with Crippen molar-refractivity contribution < 1.29 is 28.8 Å². The molecule has 188 valence electrons. The maximum Gasteiger partial charge on any atom is 0.240 e. The van der Waals surface area contributed by atoms with Gasteiger partial charge in [-0.15, -0.1) is 0 Å². The van der Waals surface area contributed by atoms with Crippen LogP contribution in [0.3, 0.4) is 0 Å². The number of hydrogen-bond donors (Lipinski definition) is 2. The molecule has 1 fully saturated rings. The molecule has 2 bridgehead atoms. The topological polar surface area (TPSA) is 89.5 Å². The van der Waals surface area contributed by atoms with Crippen LogP contribution >= 0.6 is 0 Å². The molecule has 2 unspecified atom stereocenters. The average molecular weight is 483 g/mol. The number of benzene rings is 2. The number of nitrogens with zero attached hydrogens (tertiary/aromatic N) is 1. The number of aliphatic hydroxyl groups excluding tert-OH is 1. The highest BCUT2D eigenvalue weighted by atomic mass is 16.5. The summed E-state index contributed by atoms with van der Waals surface area (Å²) in [7, 11) is 6.60. The summed E-state index contributed by atoms with van der Waals surface area (Å²) in [5.41, 5.74) is 6.15. The zero-order valence-corrected chi connectivity index (χ0v) is 21.2.